The Labute approximate surface area is 313 Å². The zero-order valence-electron chi connectivity index (χ0n) is 29.3. The summed E-state index contributed by atoms with van der Waals surface area (Å²) < 4.78 is 2.21. The first-order valence-corrected chi connectivity index (χ1v) is 17.1. The van der Waals surface area contributed by atoms with Crippen LogP contribution in [0.1, 0.15) is 37.5 Å². The molecule has 4 nitrogen and oxygen atoms in total. The number of benzene rings is 5. The minimum atomic E-state index is -0.137. The number of nitrogens with zero attached hydrogens (tertiary/aromatic N) is 3. The van der Waals surface area contributed by atoms with Crippen LogP contribution in [0.25, 0.3) is 72.4 Å². The molecule has 0 spiro atoms. The number of fused-ring (bicyclic) bond motifs is 3. The molecule has 0 bridgehead atoms. The molecule has 3 heterocycles. The van der Waals surface area contributed by atoms with Crippen LogP contribution in [0.4, 0.5) is 0 Å². The Balaban J connectivity index is 0.00000406. The topological polar surface area (TPSA) is 50.9 Å². The zero-order chi connectivity index (χ0) is 34.6. The predicted molar refractivity (Wildman–Crippen MR) is 207 cm³/mol. The van der Waals surface area contributed by atoms with Crippen molar-refractivity contribution < 1.29 is 26.2 Å². The number of aromatic hydroxyl groups is 1. The van der Waals surface area contributed by atoms with Crippen molar-refractivity contribution in [3.8, 4) is 56.2 Å². The van der Waals surface area contributed by atoms with E-state index in [1.807, 2.05) is 60.8 Å². The van der Waals surface area contributed by atoms with E-state index in [2.05, 4.69) is 118 Å². The van der Waals surface area contributed by atoms with Gasteiger partial charge in [-0.25, -0.2) is 4.98 Å². The van der Waals surface area contributed by atoms with E-state index in [1.54, 1.807) is 0 Å². The summed E-state index contributed by atoms with van der Waals surface area (Å²) in [7, 11) is 0. The van der Waals surface area contributed by atoms with Crippen molar-refractivity contribution in [2.45, 2.75) is 40.0 Å². The van der Waals surface area contributed by atoms with Gasteiger partial charge in [0.1, 0.15) is 11.4 Å². The third-order valence-electron chi connectivity index (χ3n) is 9.66. The Morgan fingerprint density at radius 1 is 0.647 bits per heavy atom. The summed E-state index contributed by atoms with van der Waals surface area (Å²) in [5.74, 6) is 0.221. The van der Waals surface area contributed by atoms with Crippen LogP contribution in [0.2, 0.25) is 0 Å². The van der Waals surface area contributed by atoms with E-state index >= 15 is 0 Å². The van der Waals surface area contributed by atoms with Crippen molar-refractivity contribution in [1.82, 2.24) is 14.5 Å². The van der Waals surface area contributed by atoms with Gasteiger partial charge in [-0.3, -0.25) is 4.98 Å². The van der Waals surface area contributed by atoms with Crippen LogP contribution >= 0.6 is 0 Å². The van der Waals surface area contributed by atoms with Gasteiger partial charge < -0.3 is 9.67 Å². The number of hydrogen-bond donors (Lipinski definition) is 1. The van der Waals surface area contributed by atoms with Crippen LogP contribution in [-0.2, 0) is 26.5 Å². The van der Waals surface area contributed by atoms with Crippen LogP contribution in [0.5, 0.6) is 5.75 Å². The van der Waals surface area contributed by atoms with Gasteiger partial charge in [0, 0.05) is 49.2 Å². The maximum Gasteiger partial charge on any atom is 0.144 e. The summed E-state index contributed by atoms with van der Waals surface area (Å²) in [6.07, 6.45) is 1.85. The summed E-state index contributed by atoms with van der Waals surface area (Å²) in [5, 5.41) is 14.1. The van der Waals surface area contributed by atoms with Crippen LogP contribution in [0.3, 0.4) is 0 Å². The molecule has 0 saturated heterocycles. The summed E-state index contributed by atoms with van der Waals surface area (Å²) >= 11 is 0. The molecule has 8 rings (SSSR count). The zero-order valence-corrected chi connectivity index (χ0v) is 31.6. The standard InChI is InChI=1S/C46H38N3O.Pt/c1-29-14-11-15-30(2)43(29)33-24-32(25-35(26-33)49-42-22-10-9-18-36(42)37-19-13-23-47-45(37)49)40-20-12-21-41(48-40)39-28-34(46(3,4)5)27-38(44(39)50)31-16-7-6-8-17-31;/h6-24,26-28,50H,1-5H3;/q-1;. The molecule has 0 fully saturated rings. The molecule has 0 atom stereocenters. The van der Waals surface area contributed by atoms with Crippen molar-refractivity contribution in [3.05, 3.63) is 156 Å². The molecule has 0 aliphatic heterocycles. The van der Waals surface area contributed by atoms with Crippen molar-refractivity contribution in [3.63, 3.8) is 0 Å². The summed E-state index contributed by atoms with van der Waals surface area (Å²) in [4.78, 5) is 10.1. The number of phenols is 1. The average molecular weight is 844 g/mol. The van der Waals surface area contributed by atoms with Crippen LogP contribution < -0.4 is 0 Å². The van der Waals surface area contributed by atoms with Crippen molar-refractivity contribution >= 4 is 21.9 Å². The van der Waals surface area contributed by atoms with Gasteiger partial charge in [-0.2, -0.15) is 0 Å². The number of hydrogen-bond acceptors (Lipinski definition) is 3. The van der Waals surface area contributed by atoms with E-state index in [4.69, 9.17) is 9.97 Å². The first kappa shape index (κ1) is 34.2. The first-order chi connectivity index (χ1) is 24.2. The van der Waals surface area contributed by atoms with Gasteiger partial charge in [-0.05, 0) is 94.9 Å². The predicted octanol–water partition coefficient (Wildman–Crippen LogP) is 11.7. The molecule has 3 aromatic heterocycles. The third kappa shape index (κ3) is 6.19. The molecule has 0 saturated carbocycles. The Morgan fingerprint density at radius 2 is 1.31 bits per heavy atom. The molecular formula is C46H38N3OPt-. The number of para-hydroxylation sites is 1. The van der Waals surface area contributed by atoms with Gasteiger partial charge in [0.25, 0.3) is 0 Å². The first-order valence-electron chi connectivity index (χ1n) is 17.1. The van der Waals surface area contributed by atoms with Gasteiger partial charge in [-0.1, -0.05) is 105 Å². The van der Waals surface area contributed by atoms with Crippen LogP contribution in [0.15, 0.2) is 134 Å². The van der Waals surface area contributed by atoms with Crippen LogP contribution in [-0.4, -0.2) is 19.6 Å². The molecule has 254 valence electrons. The molecule has 51 heavy (non-hydrogen) atoms. The minimum Gasteiger partial charge on any atom is -0.507 e. The minimum absolute atomic E-state index is 0. The molecule has 0 unspecified atom stereocenters. The number of pyridine rings is 2. The Bertz CT molecular complexity index is 2490. The van der Waals surface area contributed by atoms with E-state index in [0.717, 1.165) is 61.1 Å². The van der Waals surface area contributed by atoms with Gasteiger partial charge in [-0.15, -0.1) is 23.8 Å². The fraction of sp³-hybridized carbons (Fsp3) is 0.130. The molecule has 5 aromatic carbocycles. The van der Waals surface area contributed by atoms with E-state index in [-0.39, 0.29) is 32.2 Å². The second-order valence-corrected chi connectivity index (χ2v) is 14.1. The molecule has 0 aliphatic carbocycles. The molecule has 8 aromatic rings. The number of phenolic OH excluding ortho intramolecular Hbond substituents is 1. The van der Waals surface area contributed by atoms with Crippen LogP contribution in [0, 0.1) is 19.9 Å². The van der Waals surface area contributed by atoms with E-state index in [0.29, 0.717) is 11.3 Å². The Morgan fingerprint density at radius 3 is 2.08 bits per heavy atom. The van der Waals surface area contributed by atoms with Crippen molar-refractivity contribution in [1.29, 1.82) is 0 Å². The number of aryl methyl sites for hydroxylation is 2. The quantitative estimate of drug-likeness (QED) is 0.176. The maximum atomic E-state index is 11.8. The fourth-order valence-corrected chi connectivity index (χ4v) is 7.10. The Kier molecular flexibility index (Phi) is 8.99. The summed E-state index contributed by atoms with van der Waals surface area (Å²) in [6, 6.07) is 47.4. The second kappa shape index (κ2) is 13.4. The molecule has 0 radical (unpaired) electrons. The van der Waals surface area contributed by atoms with Crippen molar-refractivity contribution in [2.24, 2.45) is 0 Å². The SMILES string of the molecule is Cc1cccc(C)c1-c1cc(-c2cccc(-c3cc(C(C)(C)C)cc(-c4ccccc4)c3O)n2)[c-]c(-n2c3ccccc3c3cccnc32)c1.[Pt]. The van der Waals surface area contributed by atoms with Gasteiger partial charge in [0.2, 0.25) is 0 Å². The monoisotopic (exact) mass is 843 g/mol. The maximum absolute atomic E-state index is 11.8. The molecule has 0 aliphatic rings. The summed E-state index contributed by atoms with van der Waals surface area (Å²) in [5.41, 5.74) is 13.3. The van der Waals surface area contributed by atoms with Gasteiger partial charge >= 0.3 is 0 Å². The molecular weight excluding hydrogens is 806 g/mol. The number of aromatic nitrogens is 3. The molecule has 1 N–H and O–H groups in total. The van der Waals surface area contributed by atoms with Gasteiger partial charge in [0.15, 0.2) is 0 Å². The molecule has 0 amide bonds. The fourth-order valence-electron chi connectivity index (χ4n) is 7.10. The van der Waals surface area contributed by atoms with Crippen molar-refractivity contribution in [2.75, 3.05) is 0 Å². The smallest absolute Gasteiger partial charge is 0.144 e. The Hall–Kier alpha value is -5.31. The third-order valence-corrected chi connectivity index (χ3v) is 9.66. The van der Waals surface area contributed by atoms with E-state index in [9.17, 15) is 5.11 Å². The largest absolute Gasteiger partial charge is 0.507 e. The van der Waals surface area contributed by atoms with E-state index < -0.39 is 0 Å². The van der Waals surface area contributed by atoms with Gasteiger partial charge in [0.05, 0.1) is 11.2 Å². The summed E-state index contributed by atoms with van der Waals surface area (Å²) in [6.45, 7) is 10.9. The average Bonchev–Trinajstić information content (AvgIpc) is 3.46. The molecule has 5 heteroatoms. The number of rotatable bonds is 5. The second-order valence-electron chi connectivity index (χ2n) is 14.1. The van der Waals surface area contributed by atoms with E-state index in [1.165, 1.54) is 16.7 Å². The normalized spacial score (nSPS) is 11.5.